The molecule has 2 heterocycles. The van der Waals surface area contributed by atoms with Crippen LogP contribution in [-0.4, -0.2) is 0 Å². The van der Waals surface area contributed by atoms with Crippen molar-refractivity contribution in [3.8, 4) is 0 Å². The summed E-state index contributed by atoms with van der Waals surface area (Å²) in [5.41, 5.74) is 12.6. The number of hydrogen-bond acceptors (Lipinski definition) is 2. The van der Waals surface area contributed by atoms with Gasteiger partial charge in [0.1, 0.15) is 0 Å². The van der Waals surface area contributed by atoms with E-state index in [2.05, 4.69) is 83.6 Å². The van der Waals surface area contributed by atoms with E-state index in [-0.39, 0.29) is 12.1 Å². The van der Waals surface area contributed by atoms with E-state index in [1.165, 1.54) is 43.8 Å². The summed E-state index contributed by atoms with van der Waals surface area (Å²) >= 11 is 0. The number of benzene rings is 4. The molecule has 2 N–H and O–H groups in total. The van der Waals surface area contributed by atoms with Crippen LogP contribution in [0.4, 0.5) is 0 Å². The molecule has 7 rings (SSSR count). The molecule has 0 radical (unpaired) electrons. The topological polar surface area (TPSA) is 24.1 Å². The second-order valence-corrected chi connectivity index (χ2v) is 6.81. The van der Waals surface area contributed by atoms with Gasteiger partial charge in [-0.3, -0.25) is 0 Å². The summed E-state index contributed by atoms with van der Waals surface area (Å²) in [4.78, 5) is 0. The molecule has 4 aromatic rings. The van der Waals surface area contributed by atoms with Crippen molar-refractivity contribution < 1.29 is 0 Å². The Morgan fingerprint density at radius 1 is 0.458 bits per heavy atom. The lowest BCUT2D eigenvalue weighted by Crippen LogP contribution is -2.49. The molecule has 2 nitrogen and oxygen atoms in total. The van der Waals surface area contributed by atoms with Gasteiger partial charge in [-0.1, -0.05) is 48.5 Å². The highest BCUT2D eigenvalue weighted by atomic mass is 15.4. The third-order valence-electron chi connectivity index (χ3n) is 5.52. The van der Waals surface area contributed by atoms with E-state index in [4.69, 9.17) is 0 Å². The fourth-order valence-corrected chi connectivity index (χ4v) is 4.36. The molecule has 0 aromatic heterocycles. The van der Waals surface area contributed by atoms with E-state index in [1.807, 2.05) is 0 Å². The van der Waals surface area contributed by atoms with Crippen LogP contribution in [0.25, 0.3) is 21.5 Å². The van der Waals surface area contributed by atoms with Crippen molar-refractivity contribution in [2.45, 2.75) is 12.1 Å². The van der Waals surface area contributed by atoms with Crippen LogP contribution in [0.2, 0.25) is 0 Å². The van der Waals surface area contributed by atoms with E-state index in [1.54, 1.807) is 0 Å². The molecule has 2 aliphatic heterocycles. The number of hydrazine groups is 1. The Morgan fingerprint density at radius 3 is 1.04 bits per heavy atom. The molecular formula is C22H16N2. The number of hydrogen-bond donors (Lipinski definition) is 2. The molecule has 0 atom stereocenters. The first-order chi connectivity index (χ1) is 11.9. The molecule has 0 fully saturated rings. The minimum atomic E-state index is 0.217. The third kappa shape index (κ3) is 1.57. The van der Waals surface area contributed by atoms with Gasteiger partial charge in [0.2, 0.25) is 0 Å². The van der Waals surface area contributed by atoms with E-state index in [0.29, 0.717) is 0 Å². The van der Waals surface area contributed by atoms with Crippen molar-refractivity contribution in [3.63, 3.8) is 0 Å². The Morgan fingerprint density at radius 2 is 0.750 bits per heavy atom. The summed E-state index contributed by atoms with van der Waals surface area (Å²) in [6, 6.07) is 27.1. The van der Waals surface area contributed by atoms with Crippen molar-refractivity contribution in [2.75, 3.05) is 0 Å². The first-order valence-corrected chi connectivity index (χ1v) is 8.45. The molecule has 0 unspecified atom stereocenters. The monoisotopic (exact) mass is 308 g/mol. The van der Waals surface area contributed by atoms with E-state index in [9.17, 15) is 0 Å². The molecule has 3 aliphatic rings. The minimum Gasteiger partial charge on any atom is -0.245 e. The third-order valence-corrected chi connectivity index (χ3v) is 5.52. The van der Waals surface area contributed by atoms with E-state index >= 15 is 0 Å². The van der Waals surface area contributed by atoms with Crippen LogP contribution in [0, 0.1) is 0 Å². The second-order valence-electron chi connectivity index (χ2n) is 6.81. The lowest BCUT2D eigenvalue weighted by Gasteiger charge is -2.42. The lowest BCUT2D eigenvalue weighted by atomic mass is 9.76. The van der Waals surface area contributed by atoms with Crippen LogP contribution in [0.15, 0.2) is 72.8 Å². The fourth-order valence-electron chi connectivity index (χ4n) is 4.36. The first-order valence-electron chi connectivity index (χ1n) is 8.45. The largest absolute Gasteiger partial charge is 0.245 e. The summed E-state index contributed by atoms with van der Waals surface area (Å²) in [6.45, 7) is 0. The summed E-state index contributed by atoms with van der Waals surface area (Å²) in [5.74, 6) is 0. The Labute approximate surface area is 140 Å². The van der Waals surface area contributed by atoms with Gasteiger partial charge in [0.05, 0.1) is 12.1 Å². The van der Waals surface area contributed by atoms with Gasteiger partial charge in [-0.05, 0) is 68.1 Å². The fraction of sp³-hybridized carbons (Fsp3) is 0.0909. The molecule has 0 spiro atoms. The minimum absolute atomic E-state index is 0.217. The summed E-state index contributed by atoms with van der Waals surface area (Å²) < 4.78 is 0. The van der Waals surface area contributed by atoms with Gasteiger partial charge >= 0.3 is 0 Å². The average molecular weight is 308 g/mol. The SMILES string of the molecule is c1ccc2cc3c(cc2c1)C1NNC3c2cc3ccccc3cc21. The van der Waals surface area contributed by atoms with Gasteiger partial charge in [-0.2, -0.15) is 0 Å². The Bertz CT molecular complexity index is 953. The maximum absolute atomic E-state index is 3.51. The highest BCUT2D eigenvalue weighted by Gasteiger charge is 2.37. The van der Waals surface area contributed by atoms with Crippen LogP contribution in [0.3, 0.4) is 0 Å². The standard InChI is InChI=1S/C22H16N2/c1-2-6-14-10-18-17(9-13(14)5-1)21-19-11-15-7-3-4-8-16(15)12-20(19)22(18)24-23-21/h1-12,21-24H. The summed E-state index contributed by atoms with van der Waals surface area (Å²) in [6.07, 6.45) is 0. The van der Waals surface area contributed by atoms with Crippen molar-refractivity contribution in [1.82, 2.24) is 10.9 Å². The van der Waals surface area contributed by atoms with Gasteiger partial charge in [0.15, 0.2) is 0 Å². The normalized spacial score (nSPS) is 21.0. The molecule has 0 saturated carbocycles. The summed E-state index contributed by atoms with van der Waals surface area (Å²) in [7, 11) is 0. The quantitative estimate of drug-likeness (QED) is 0.496. The van der Waals surface area contributed by atoms with Crippen LogP contribution >= 0.6 is 0 Å². The van der Waals surface area contributed by atoms with Crippen LogP contribution in [-0.2, 0) is 0 Å². The highest BCUT2D eigenvalue weighted by molar-refractivity contribution is 5.88. The molecule has 24 heavy (non-hydrogen) atoms. The molecule has 114 valence electrons. The van der Waals surface area contributed by atoms with Crippen LogP contribution in [0.5, 0.6) is 0 Å². The van der Waals surface area contributed by atoms with E-state index < -0.39 is 0 Å². The lowest BCUT2D eigenvalue weighted by molar-refractivity contribution is 0.373. The number of nitrogens with one attached hydrogen (secondary N) is 2. The molecule has 4 aromatic carbocycles. The molecule has 0 saturated heterocycles. The second kappa shape index (κ2) is 4.44. The van der Waals surface area contributed by atoms with Gasteiger partial charge in [0, 0.05) is 0 Å². The maximum Gasteiger partial charge on any atom is 0.0720 e. The predicted molar refractivity (Wildman–Crippen MR) is 97.9 cm³/mol. The Hall–Kier alpha value is -2.68. The smallest absolute Gasteiger partial charge is 0.0720 e. The molecule has 0 amide bonds. The maximum atomic E-state index is 3.51. The van der Waals surface area contributed by atoms with E-state index in [0.717, 1.165) is 0 Å². The van der Waals surface area contributed by atoms with Crippen molar-refractivity contribution >= 4 is 21.5 Å². The first kappa shape index (κ1) is 12.7. The average Bonchev–Trinajstić information content (AvgIpc) is 2.65. The Kier molecular flexibility index (Phi) is 2.35. The zero-order valence-electron chi connectivity index (χ0n) is 13.1. The van der Waals surface area contributed by atoms with Gasteiger partial charge in [-0.15, -0.1) is 0 Å². The zero-order valence-corrected chi connectivity index (χ0v) is 13.1. The van der Waals surface area contributed by atoms with Crippen LogP contribution < -0.4 is 10.9 Å². The van der Waals surface area contributed by atoms with Gasteiger partial charge < -0.3 is 0 Å². The molecular weight excluding hydrogens is 292 g/mol. The predicted octanol–water partition coefficient (Wildman–Crippen LogP) is 4.59. The zero-order chi connectivity index (χ0) is 15.7. The van der Waals surface area contributed by atoms with Crippen molar-refractivity contribution in [1.29, 1.82) is 0 Å². The van der Waals surface area contributed by atoms with Crippen LogP contribution in [0.1, 0.15) is 34.3 Å². The molecule has 2 bridgehead atoms. The van der Waals surface area contributed by atoms with Crippen molar-refractivity contribution in [2.24, 2.45) is 0 Å². The Balaban J connectivity index is 1.67. The number of fused-ring (bicyclic) bond motifs is 3. The molecule has 1 aliphatic carbocycles. The highest BCUT2D eigenvalue weighted by Crippen LogP contribution is 2.46. The summed E-state index contributed by atoms with van der Waals surface area (Å²) in [5, 5.41) is 5.25. The van der Waals surface area contributed by atoms with Gasteiger partial charge in [0.25, 0.3) is 0 Å². The van der Waals surface area contributed by atoms with Crippen molar-refractivity contribution in [3.05, 3.63) is 95.1 Å². The van der Waals surface area contributed by atoms with Gasteiger partial charge in [-0.25, -0.2) is 10.9 Å². The molecule has 2 heteroatoms. The number of rotatable bonds is 0.